The minimum absolute atomic E-state index is 0.184. The molecular weight excluding hydrogens is 222 g/mol. The number of ether oxygens (including phenoxy) is 1. The number of aromatic nitrogens is 1. The van der Waals surface area contributed by atoms with E-state index in [0.717, 1.165) is 5.82 Å². The highest BCUT2D eigenvalue weighted by Gasteiger charge is 2.17. The summed E-state index contributed by atoms with van der Waals surface area (Å²) < 4.78 is 5.12. The summed E-state index contributed by atoms with van der Waals surface area (Å²) in [5.41, 5.74) is 5.96. The highest BCUT2D eigenvalue weighted by Crippen LogP contribution is 2.13. The number of methoxy groups -OCH3 is 1. The van der Waals surface area contributed by atoms with E-state index in [1.807, 2.05) is 26.0 Å². The number of hydrogen-bond acceptors (Lipinski definition) is 4. The Morgan fingerprint density at radius 3 is 2.81 bits per heavy atom. The van der Waals surface area contributed by atoms with Gasteiger partial charge in [-0.2, -0.15) is 0 Å². The number of nitrogens with zero attached hydrogens (tertiary/aromatic N) is 1. The molecule has 3 N–H and O–H groups in total. The Morgan fingerprint density at radius 2 is 2.25 bits per heavy atom. The average molecular weight is 239 g/mol. The molecule has 16 heavy (non-hydrogen) atoms. The molecule has 0 fully saturated rings. The normalized spacial score (nSPS) is 11.2. The van der Waals surface area contributed by atoms with Gasteiger partial charge in [0, 0.05) is 7.11 Å². The van der Waals surface area contributed by atoms with Gasteiger partial charge in [-0.25, -0.2) is 4.98 Å². The smallest absolute Gasteiger partial charge is 0.127 e. The first-order valence-electron chi connectivity index (χ1n) is 4.98. The first-order chi connectivity index (χ1) is 7.44. The lowest BCUT2D eigenvalue weighted by atomic mass is 10.1. The molecule has 0 aliphatic carbocycles. The Labute approximate surface area is 101 Å². The van der Waals surface area contributed by atoms with Gasteiger partial charge in [0.05, 0.1) is 17.8 Å². The van der Waals surface area contributed by atoms with Crippen LogP contribution in [0.2, 0.25) is 0 Å². The highest BCUT2D eigenvalue weighted by atomic mass is 32.1. The topological polar surface area (TPSA) is 60.2 Å². The lowest BCUT2D eigenvalue weighted by Gasteiger charge is -2.26. The maximum atomic E-state index is 5.52. The maximum absolute atomic E-state index is 5.52. The predicted molar refractivity (Wildman–Crippen MR) is 69.7 cm³/mol. The van der Waals surface area contributed by atoms with Gasteiger partial charge in [0.25, 0.3) is 0 Å². The van der Waals surface area contributed by atoms with Crippen LogP contribution in [-0.2, 0) is 4.74 Å². The van der Waals surface area contributed by atoms with E-state index in [0.29, 0.717) is 17.3 Å². The van der Waals surface area contributed by atoms with E-state index in [2.05, 4.69) is 10.3 Å². The molecule has 0 bridgehead atoms. The second kappa shape index (κ2) is 5.23. The first kappa shape index (κ1) is 12.9. The summed E-state index contributed by atoms with van der Waals surface area (Å²) in [6.07, 6.45) is 0. The Morgan fingerprint density at radius 1 is 1.56 bits per heavy atom. The molecule has 0 saturated carbocycles. The van der Waals surface area contributed by atoms with E-state index in [1.54, 1.807) is 13.2 Å². The minimum Gasteiger partial charge on any atom is -0.388 e. The fourth-order valence-electron chi connectivity index (χ4n) is 1.39. The molecule has 1 rings (SSSR count). The van der Waals surface area contributed by atoms with Crippen molar-refractivity contribution < 1.29 is 4.74 Å². The molecule has 0 spiro atoms. The number of rotatable bonds is 5. The number of hydrogen-bond donors (Lipinski definition) is 2. The summed E-state index contributed by atoms with van der Waals surface area (Å²) in [6, 6.07) is 5.53. The van der Waals surface area contributed by atoms with Crippen LogP contribution < -0.4 is 11.1 Å². The molecule has 0 amide bonds. The molecule has 0 unspecified atom stereocenters. The van der Waals surface area contributed by atoms with Gasteiger partial charge in [-0.15, -0.1) is 0 Å². The van der Waals surface area contributed by atoms with Crippen LogP contribution in [0, 0.1) is 0 Å². The van der Waals surface area contributed by atoms with Gasteiger partial charge < -0.3 is 15.8 Å². The molecule has 0 aromatic carbocycles. The Kier molecular flexibility index (Phi) is 4.20. The van der Waals surface area contributed by atoms with E-state index < -0.39 is 0 Å². The average Bonchev–Trinajstić information content (AvgIpc) is 2.17. The summed E-state index contributed by atoms with van der Waals surface area (Å²) in [7, 11) is 1.67. The summed E-state index contributed by atoms with van der Waals surface area (Å²) >= 11 is 4.88. The third-order valence-corrected chi connectivity index (χ3v) is 2.18. The van der Waals surface area contributed by atoms with E-state index in [4.69, 9.17) is 22.7 Å². The van der Waals surface area contributed by atoms with Crippen LogP contribution in [0.1, 0.15) is 19.5 Å². The summed E-state index contributed by atoms with van der Waals surface area (Å²) in [5, 5.41) is 3.26. The van der Waals surface area contributed by atoms with Crippen molar-refractivity contribution in [1.29, 1.82) is 0 Å². The number of nitrogens with one attached hydrogen (secondary N) is 1. The van der Waals surface area contributed by atoms with Crippen molar-refractivity contribution in [2.45, 2.75) is 19.4 Å². The lowest BCUT2D eigenvalue weighted by Crippen LogP contribution is -2.36. The molecular formula is C11H17N3OS. The van der Waals surface area contributed by atoms with Crippen LogP contribution in [0.5, 0.6) is 0 Å². The van der Waals surface area contributed by atoms with Gasteiger partial charge in [0.1, 0.15) is 10.8 Å². The van der Waals surface area contributed by atoms with Crippen molar-refractivity contribution in [3.05, 3.63) is 23.9 Å². The largest absolute Gasteiger partial charge is 0.388 e. The summed E-state index contributed by atoms with van der Waals surface area (Å²) in [4.78, 5) is 4.61. The van der Waals surface area contributed by atoms with E-state index in [9.17, 15) is 0 Å². The Bertz CT molecular complexity index is 379. The summed E-state index contributed by atoms with van der Waals surface area (Å²) in [5.74, 6) is 0.743. The van der Waals surface area contributed by atoms with Crippen LogP contribution in [0.15, 0.2) is 18.2 Å². The van der Waals surface area contributed by atoms with Crippen LogP contribution in [-0.4, -0.2) is 29.2 Å². The third kappa shape index (κ3) is 3.75. The first-order valence-corrected chi connectivity index (χ1v) is 5.39. The Balaban J connectivity index is 2.81. The van der Waals surface area contributed by atoms with Crippen molar-refractivity contribution in [3.8, 4) is 0 Å². The standard InChI is InChI=1S/C11H17N3OS/c1-11(2,7-15-3)14-9-6-4-5-8(13-9)10(12)16/h4-6H,7H2,1-3H3,(H2,12,16)(H,13,14). The molecule has 5 heteroatoms. The van der Waals surface area contributed by atoms with Gasteiger partial charge in [0.2, 0.25) is 0 Å². The van der Waals surface area contributed by atoms with Crippen molar-refractivity contribution in [3.63, 3.8) is 0 Å². The van der Waals surface area contributed by atoms with Gasteiger partial charge in [-0.1, -0.05) is 18.3 Å². The fraction of sp³-hybridized carbons (Fsp3) is 0.455. The quantitative estimate of drug-likeness (QED) is 0.763. The van der Waals surface area contributed by atoms with Crippen molar-refractivity contribution in [1.82, 2.24) is 4.98 Å². The molecule has 0 saturated heterocycles. The van der Waals surface area contributed by atoms with Crippen LogP contribution in [0.25, 0.3) is 0 Å². The molecule has 4 nitrogen and oxygen atoms in total. The molecule has 88 valence electrons. The van der Waals surface area contributed by atoms with E-state index in [-0.39, 0.29) is 5.54 Å². The molecule has 1 aromatic heterocycles. The van der Waals surface area contributed by atoms with Gasteiger partial charge in [-0.05, 0) is 26.0 Å². The van der Waals surface area contributed by atoms with E-state index in [1.165, 1.54) is 0 Å². The van der Waals surface area contributed by atoms with Crippen molar-refractivity contribution in [2.75, 3.05) is 19.0 Å². The molecule has 0 aliphatic heterocycles. The van der Waals surface area contributed by atoms with Gasteiger partial charge in [-0.3, -0.25) is 0 Å². The zero-order chi connectivity index (χ0) is 12.2. The SMILES string of the molecule is COCC(C)(C)Nc1cccc(C(N)=S)n1. The number of thiocarbonyl (C=S) groups is 1. The number of nitrogens with two attached hydrogens (primary N) is 1. The highest BCUT2D eigenvalue weighted by molar-refractivity contribution is 7.80. The fourth-order valence-corrected chi connectivity index (χ4v) is 1.50. The van der Waals surface area contributed by atoms with Crippen LogP contribution in [0.3, 0.4) is 0 Å². The van der Waals surface area contributed by atoms with Crippen molar-refractivity contribution in [2.24, 2.45) is 5.73 Å². The van der Waals surface area contributed by atoms with E-state index >= 15 is 0 Å². The minimum atomic E-state index is -0.184. The second-order valence-corrected chi connectivity index (χ2v) is 4.65. The molecule has 1 aromatic rings. The third-order valence-electron chi connectivity index (χ3n) is 1.97. The molecule has 0 aliphatic rings. The molecule has 1 heterocycles. The van der Waals surface area contributed by atoms with Crippen LogP contribution in [0.4, 0.5) is 5.82 Å². The van der Waals surface area contributed by atoms with Crippen LogP contribution >= 0.6 is 12.2 Å². The zero-order valence-corrected chi connectivity index (χ0v) is 10.6. The second-order valence-electron chi connectivity index (χ2n) is 4.21. The monoisotopic (exact) mass is 239 g/mol. The molecule has 0 atom stereocenters. The molecule has 0 radical (unpaired) electrons. The number of anilines is 1. The zero-order valence-electron chi connectivity index (χ0n) is 9.78. The summed E-state index contributed by atoms with van der Waals surface area (Å²) in [6.45, 7) is 4.66. The van der Waals surface area contributed by atoms with Gasteiger partial charge >= 0.3 is 0 Å². The van der Waals surface area contributed by atoms with Gasteiger partial charge in [0.15, 0.2) is 0 Å². The maximum Gasteiger partial charge on any atom is 0.127 e. The number of pyridine rings is 1. The Hall–Kier alpha value is -1.20. The predicted octanol–water partition coefficient (Wildman–Crippen LogP) is 1.55. The lowest BCUT2D eigenvalue weighted by molar-refractivity contribution is 0.158. The van der Waals surface area contributed by atoms with Crippen molar-refractivity contribution >= 4 is 23.0 Å².